The van der Waals surface area contributed by atoms with Crippen LogP contribution in [0.4, 0.5) is 5.69 Å². The lowest BCUT2D eigenvalue weighted by Crippen LogP contribution is -2.19. The number of nitrogens with zero attached hydrogens (tertiary/aromatic N) is 1. The van der Waals surface area contributed by atoms with Gasteiger partial charge in [0.05, 0.1) is 16.8 Å². The van der Waals surface area contributed by atoms with Crippen molar-refractivity contribution in [2.75, 3.05) is 5.32 Å². The molecule has 0 bridgehead atoms. The number of carbonyl (C=O) groups is 2. The van der Waals surface area contributed by atoms with Crippen molar-refractivity contribution in [1.29, 1.82) is 0 Å². The molecule has 0 spiro atoms. The summed E-state index contributed by atoms with van der Waals surface area (Å²) >= 11 is 0. The molecule has 1 aromatic heterocycles. The van der Waals surface area contributed by atoms with Crippen molar-refractivity contribution in [1.82, 2.24) is 4.57 Å². The van der Waals surface area contributed by atoms with Gasteiger partial charge in [-0.2, -0.15) is 0 Å². The van der Waals surface area contributed by atoms with Crippen LogP contribution in [-0.2, 0) is 17.6 Å². The zero-order chi connectivity index (χ0) is 17.4. The van der Waals surface area contributed by atoms with E-state index in [2.05, 4.69) is 11.4 Å². The maximum Gasteiger partial charge on any atom is 0.264 e. The van der Waals surface area contributed by atoms with Crippen molar-refractivity contribution < 1.29 is 9.59 Å². The lowest BCUT2D eigenvalue weighted by molar-refractivity contribution is -0.114. The molecule has 0 radical (unpaired) electrons. The highest BCUT2D eigenvalue weighted by atomic mass is 16.2. The van der Waals surface area contributed by atoms with Gasteiger partial charge in [-0.1, -0.05) is 30.3 Å². The van der Waals surface area contributed by atoms with Crippen molar-refractivity contribution in [2.24, 2.45) is 0 Å². The molecule has 4 nitrogen and oxygen atoms in total. The molecule has 2 aromatic carbocycles. The van der Waals surface area contributed by atoms with Crippen LogP contribution in [0, 0.1) is 0 Å². The number of aromatic nitrogens is 1. The molecular formula is C21H20N2O2. The van der Waals surface area contributed by atoms with Gasteiger partial charge in [0.15, 0.2) is 0 Å². The number of carbonyl (C=O) groups excluding carboxylic acids is 2. The Balaban J connectivity index is 1.91. The first-order valence-electron chi connectivity index (χ1n) is 8.69. The summed E-state index contributed by atoms with van der Waals surface area (Å²) in [5, 5.41) is 3.94. The van der Waals surface area contributed by atoms with Crippen LogP contribution in [0.3, 0.4) is 0 Å². The monoisotopic (exact) mass is 332 g/mol. The third kappa shape index (κ3) is 2.64. The van der Waals surface area contributed by atoms with E-state index in [9.17, 15) is 9.59 Å². The van der Waals surface area contributed by atoms with E-state index in [1.165, 1.54) is 17.9 Å². The molecule has 0 aliphatic heterocycles. The van der Waals surface area contributed by atoms with Crippen molar-refractivity contribution in [2.45, 2.75) is 32.6 Å². The summed E-state index contributed by atoms with van der Waals surface area (Å²) in [6.07, 6.45) is 4.20. The Morgan fingerprint density at radius 3 is 2.52 bits per heavy atom. The summed E-state index contributed by atoms with van der Waals surface area (Å²) < 4.78 is 1.85. The van der Waals surface area contributed by atoms with Crippen molar-refractivity contribution >= 4 is 28.4 Å². The summed E-state index contributed by atoms with van der Waals surface area (Å²) in [5.41, 5.74) is 4.45. The van der Waals surface area contributed by atoms with Crippen LogP contribution < -0.4 is 5.32 Å². The van der Waals surface area contributed by atoms with E-state index in [-0.39, 0.29) is 11.8 Å². The van der Waals surface area contributed by atoms with Gasteiger partial charge in [-0.3, -0.25) is 14.2 Å². The second kappa shape index (κ2) is 6.20. The van der Waals surface area contributed by atoms with Crippen LogP contribution in [0.1, 0.15) is 41.4 Å². The zero-order valence-electron chi connectivity index (χ0n) is 14.2. The molecule has 1 heterocycles. The smallest absolute Gasteiger partial charge is 0.264 e. The fraction of sp³-hybridized carbons (Fsp3) is 0.238. The van der Waals surface area contributed by atoms with Gasteiger partial charge >= 0.3 is 0 Å². The lowest BCUT2D eigenvalue weighted by Gasteiger charge is -2.16. The largest absolute Gasteiger partial charge is 0.326 e. The Labute approximate surface area is 146 Å². The molecule has 4 heteroatoms. The number of anilines is 1. The van der Waals surface area contributed by atoms with E-state index in [1.807, 2.05) is 34.9 Å². The lowest BCUT2D eigenvalue weighted by atomic mass is 9.95. The summed E-state index contributed by atoms with van der Waals surface area (Å²) in [7, 11) is 0. The Morgan fingerprint density at radius 2 is 1.68 bits per heavy atom. The fourth-order valence-electron chi connectivity index (χ4n) is 3.82. The molecule has 3 aromatic rings. The van der Waals surface area contributed by atoms with E-state index >= 15 is 0 Å². The highest BCUT2D eigenvalue weighted by Crippen LogP contribution is 2.33. The molecule has 1 aliphatic rings. The summed E-state index contributed by atoms with van der Waals surface area (Å²) in [6, 6.07) is 15.3. The van der Waals surface area contributed by atoms with Gasteiger partial charge in [-0.25, -0.2) is 0 Å². The molecule has 0 unspecified atom stereocenters. The third-order valence-corrected chi connectivity index (χ3v) is 4.85. The van der Waals surface area contributed by atoms with Gasteiger partial charge in [-0.15, -0.1) is 0 Å². The quantitative estimate of drug-likeness (QED) is 0.766. The number of nitrogens with one attached hydrogen (secondary N) is 1. The van der Waals surface area contributed by atoms with Crippen LogP contribution >= 0.6 is 0 Å². The van der Waals surface area contributed by atoms with Gasteiger partial charge in [0.1, 0.15) is 0 Å². The SMILES string of the molecule is CC(=O)Nc1ccccc1C(=O)n1c2c(c3ccccc31)CCCC2. The number of benzene rings is 2. The maximum atomic E-state index is 13.4. The van der Waals surface area contributed by atoms with E-state index in [0.29, 0.717) is 11.3 Å². The molecule has 4 rings (SSSR count). The minimum Gasteiger partial charge on any atom is -0.326 e. The van der Waals surface area contributed by atoms with Gasteiger partial charge in [0.25, 0.3) is 5.91 Å². The normalized spacial score (nSPS) is 13.5. The Hall–Kier alpha value is -2.88. The van der Waals surface area contributed by atoms with Gasteiger partial charge in [0, 0.05) is 18.0 Å². The minimum absolute atomic E-state index is 0.0799. The number of hydrogen-bond donors (Lipinski definition) is 1. The van der Waals surface area contributed by atoms with Crippen LogP contribution in [-0.4, -0.2) is 16.4 Å². The first-order valence-corrected chi connectivity index (χ1v) is 8.69. The molecule has 126 valence electrons. The molecule has 0 atom stereocenters. The molecule has 0 saturated heterocycles. The number of aryl methyl sites for hydroxylation is 1. The van der Waals surface area contributed by atoms with Crippen LogP contribution in [0.25, 0.3) is 10.9 Å². The second-order valence-corrected chi connectivity index (χ2v) is 6.52. The number of hydrogen-bond acceptors (Lipinski definition) is 2. The summed E-state index contributed by atoms with van der Waals surface area (Å²) in [5.74, 6) is -0.261. The number of fused-ring (bicyclic) bond motifs is 3. The number of amides is 1. The molecule has 1 amide bonds. The van der Waals surface area contributed by atoms with Crippen molar-refractivity contribution in [3.8, 4) is 0 Å². The third-order valence-electron chi connectivity index (χ3n) is 4.85. The average molecular weight is 332 g/mol. The number of para-hydroxylation sites is 2. The molecule has 1 aliphatic carbocycles. The fourth-order valence-corrected chi connectivity index (χ4v) is 3.82. The molecule has 0 saturated carbocycles. The van der Waals surface area contributed by atoms with Crippen LogP contribution in [0.5, 0.6) is 0 Å². The summed E-state index contributed by atoms with van der Waals surface area (Å²) in [4.78, 5) is 24.9. The molecule has 25 heavy (non-hydrogen) atoms. The van der Waals surface area contributed by atoms with Crippen LogP contribution in [0.2, 0.25) is 0 Å². The number of rotatable bonds is 2. The van der Waals surface area contributed by atoms with E-state index < -0.39 is 0 Å². The van der Waals surface area contributed by atoms with Gasteiger partial charge in [0.2, 0.25) is 5.91 Å². The standard InChI is InChI=1S/C21H20N2O2/c1-14(24)22-18-11-5-2-10-17(18)21(25)23-19-12-6-3-8-15(19)16-9-4-7-13-20(16)23/h2-3,5-6,8,10-12H,4,7,9,13H2,1H3,(H,22,24). The minimum atomic E-state index is -0.181. The van der Waals surface area contributed by atoms with E-state index in [1.54, 1.807) is 12.1 Å². The first-order chi connectivity index (χ1) is 12.2. The Morgan fingerprint density at radius 1 is 0.960 bits per heavy atom. The Bertz CT molecular complexity index is 985. The van der Waals surface area contributed by atoms with E-state index in [4.69, 9.17) is 0 Å². The Kier molecular flexibility index (Phi) is 3.88. The second-order valence-electron chi connectivity index (χ2n) is 6.52. The molecular weight excluding hydrogens is 312 g/mol. The topological polar surface area (TPSA) is 51.1 Å². The maximum absolute atomic E-state index is 13.4. The van der Waals surface area contributed by atoms with Crippen LogP contribution in [0.15, 0.2) is 48.5 Å². The zero-order valence-corrected chi connectivity index (χ0v) is 14.2. The summed E-state index contributed by atoms with van der Waals surface area (Å²) in [6.45, 7) is 1.45. The average Bonchev–Trinajstić information content (AvgIpc) is 2.96. The van der Waals surface area contributed by atoms with E-state index in [0.717, 1.165) is 36.9 Å². The predicted octanol–water partition coefficient (Wildman–Crippen LogP) is 4.17. The first kappa shape index (κ1) is 15.6. The van der Waals surface area contributed by atoms with Crippen molar-refractivity contribution in [3.63, 3.8) is 0 Å². The van der Waals surface area contributed by atoms with Gasteiger partial charge < -0.3 is 5.32 Å². The molecule has 0 fully saturated rings. The molecule has 1 N–H and O–H groups in total. The van der Waals surface area contributed by atoms with Crippen molar-refractivity contribution in [3.05, 3.63) is 65.4 Å². The van der Waals surface area contributed by atoms with Gasteiger partial charge in [-0.05, 0) is 49.4 Å². The predicted molar refractivity (Wildman–Crippen MR) is 99.1 cm³/mol. The highest BCUT2D eigenvalue weighted by Gasteiger charge is 2.25. The highest BCUT2D eigenvalue weighted by molar-refractivity contribution is 6.09.